The molecule has 2 aliphatic rings. The average Bonchev–Trinajstić information content (AvgIpc) is 3.29. The number of halogens is 3. The van der Waals surface area contributed by atoms with E-state index in [4.69, 9.17) is 4.74 Å². The lowest BCUT2D eigenvalue weighted by Gasteiger charge is -2.32. The van der Waals surface area contributed by atoms with Crippen molar-refractivity contribution in [3.63, 3.8) is 0 Å². The summed E-state index contributed by atoms with van der Waals surface area (Å²) in [6.45, 7) is 1.49. The van der Waals surface area contributed by atoms with Gasteiger partial charge in [0.05, 0.1) is 16.3 Å². The number of rotatable bonds is 3. The number of ether oxygens (including phenoxy) is 1. The van der Waals surface area contributed by atoms with Crippen LogP contribution in [0.15, 0.2) is 30.5 Å². The molecule has 2 aliphatic heterocycles. The number of carbonyl (C=O) groups excluding carboxylic acids is 1. The van der Waals surface area contributed by atoms with Crippen LogP contribution >= 0.6 is 0 Å². The number of carbonyl (C=O) groups is 1. The van der Waals surface area contributed by atoms with E-state index in [2.05, 4.69) is 4.98 Å². The number of pyridine rings is 1. The smallest absolute Gasteiger partial charge is 0.409 e. The van der Waals surface area contributed by atoms with Crippen LogP contribution in [0.25, 0.3) is 10.9 Å². The molecule has 168 valence electrons. The average molecular weight is 457 g/mol. The second-order valence-electron chi connectivity index (χ2n) is 7.71. The van der Waals surface area contributed by atoms with Gasteiger partial charge in [-0.05, 0) is 43.9 Å². The Morgan fingerprint density at radius 3 is 2.39 bits per heavy atom. The van der Waals surface area contributed by atoms with E-state index < -0.39 is 33.1 Å². The topological polar surface area (TPSA) is 79.8 Å². The quantitative estimate of drug-likeness (QED) is 0.703. The first-order valence-corrected chi connectivity index (χ1v) is 11.6. The predicted molar refractivity (Wildman–Crippen MR) is 107 cm³/mol. The molecule has 2 fully saturated rings. The van der Waals surface area contributed by atoms with Gasteiger partial charge in [-0.15, -0.1) is 0 Å². The van der Waals surface area contributed by atoms with Gasteiger partial charge in [0.1, 0.15) is 5.75 Å². The van der Waals surface area contributed by atoms with Crippen molar-refractivity contribution >= 4 is 27.0 Å². The first-order chi connectivity index (χ1) is 14.7. The third kappa shape index (κ3) is 4.33. The number of likely N-dealkylation sites (tertiary alicyclic amines) is 1. The molecule has 4 rings (SSSR count). The van der Waals surface area contributed by atoms with Crippen LogP contribution in [0.4, 0.5) is 18.0 Å². The van der Waals surface area contributed by atoms with Gasteiger partial charge in [0.25, 0.3) is 0 Å². The lowest BCUT2D eigenvalue weighted by Crippen LogP contribution is -2.47. The number of fused-ring (bicyclic) bond motifs is 1. The lowest BCUT2D eigenvalue weighted by molar-refractivity contribution is -0.136. The first-order valence-electron chi connectivity index (χ1n) is 10.1. The Hall–Kier alpha value is -2.40. The number of aromatic nitrogens is 1. The van der Waals surface area contributed by atoms with E-state index in [0.717, 1.165) is 25.1 Å². The highest BCUT2D eigenvalue weighted by molar-refractivity contribution is 7.89. The highest BCUT2D eigenvalue weighted by Crippen LogP contribution is 2.36. The summed E-state index contributed by atoms with van der Waals surface area (Å²) in [5.41, 5.74) is -1.20. The Morgan fingerprint density at radius 1 is 1.06 bits per heavy atom. The summed E-state index contributed by atoms with van der Waals surface area (Å²) in [5, 5.41) is -0.456. The van der Waals surface area contributed by atoms with Gasteiger partial charge in [0, 0.05) is 37.8 Å². The summed E-state index contributed by atoms with van der Waals surface area (Å²) in [4.78, 5) is 17.8. The van der Waals surface area contributed by atoms with Crippen LogP contribution in [-0.4, -0.2) is 60.1 Å². The molecule has 11 heteroatoms. The molecule has 0 bridgehead atoms. The van der Waals surface area contributed by atoms with Crippen LogP contribution < -0.4 is 4.74 Å². The highest BCUT2D eigenvalue weighted by atomic mass is 32.2. The zero-order chi connectivity index (χ0) is 22.2. The van der Waals surface area contributed by atoms with E-state index >= 15 is 0 Å². The Kier molecular flexibility index (Phi) is 5.82. The van der Waals surface area contributed by atoms with Crippen LogP contribution in [0.3, 0.4) is 0 Å². The molecule has 1 amide bonds. The van der Waals surface area contributed by atoms with E-state index in [1.165, 1.54) is 27.4 Å². The number of hydrogen-bond donors (Lipinski definition) is 0. The molecule has 0 atom stereocenters. The Labute approximate surface area is 177 Å². The van der Waals surface area contributed by atoms with Crippen molar-refractivity contribution in [2.24, 2.45) is 0 Å². The maximum Gasteiger partial charge on any atom is 0.418 e. The summed E-state index contributed by atoms with van der Waals surface area (Å²) in [7, 11) is -3.38. The molecule has 3 heterocycles. The minimum atomic E-state index is -4.59. The van der Waals surface area contributed by atoms with Gasteiger partial charge in [0.15, 0.2) is 0 Å². The molecule has 0 spiro atoms. The molecule has 1 aromatic carbocycles. The molecule has 0 N–H and O–H groups in total. The summed E-state index contributed by atoms with van der Waals surface area (Å²) in [6.07, 6.45) is -1.83. The molecular formula is C20H22F3N3O4S. The Balaban J connectivity index is 1.46. The van der Waals surface area contributed by atoms with Crippen molar-refractivity contribution in [2.75, 3.05) is 26.2 Å². The molecule has 7 nitrogen and oxygen atoms in total. The fourth-order valence-corrected chi connectivity index (χ4v) is 6.11. The minimum Gasteiger partial charge on any atom is -0.409 e. The number of amides is 1. The number of benzene rings is 1. The largest absolute Gasteiger partial charge is 0.418 e. The normalized spacial score (nSPS) is 19.1. The maximum absolute atomic E-state index is 13.2. The second-order valence-corrected chi connectivity index (χ2v) is 9.93. The second kappa shape index (κ2) is 8.27. The van der Waals surface area contributed by atoms with Gasteiger partial charge in [0.2, 0.25) is 10.0 Å². The van der Waals surface area contributed by atoms with Crippen molar-refractivity contribution < 1.29 is 31.1 Å². The summed E-state index contributed by atoms with van der Waals surface area (Å²) < 4.78 is 72.0. The lowest BCUT2D eigenvalue weighted by atomic mass is 10.1. The zero-order valence-electron chi connectivity index (χ0n) is 16.6. The van der Waals surface area contributed by atoms with Crippen LogP contribution in [0.2, 0.25) is 0 Å². The van der Waals surface area contributed by atoms with E-state index in [0.29, 0.717) is 25.9 Å². The van der Waals surface area contributed by atoms with E-state index in [-0.39, 0.29) is 29.7 Å². The van der Waals surface area contributed by atoms with E-state index in [9.17, 15) is 26.4 Å². The molecule has 31 heavy (non-hydrogen) atoms. The van der Waals surface area contributed by atoms with Gasteiger partial charge in [-0.1, -0.05) is 6.07 Å². The van der Waals surface area contributed by atoms with Crippen molar-refractivity contribution in [1.82, 2.24) is 14.2 Å². The van der Waals surface area contributed by atoms with Gasteiger partial charge >= 0.3 is 12.3 Å². The zero-order valence-corrected chi connectivity index (χ0v) is 17.5. The molecule has 0 unspecified atom stereocenters. The number of nitrogens with zero attached hydrogens (tertiary/aromatic N) is 3. The molecule has 2 saturated heterocycles. The number of para-hydroxylation sites is 1. The number of hydrogen-bond acceptors (Lipinski definition) is 5. The van der Waals surface area contributed by atoms with Crippen LogP contribution in [-0.2, 0) is 16.2 Å². The molecule has 0 radical (unpaired) electrons. The SMILES string of the molecule is O=C(Oc1ccnc2c(C(F)(F)F)cccc12)N1CCC(S(=O)(=O)N2CCCC2)CC1. The van der Waals surface area contributed by atoms with Crippen LogP contribution in [0.5, 0.6) is 5.75 Å². The van der Waals surface area contributed by atoms with Crippen LogP contribution in [0.1, 0.15) is 31.2 Å². The number of alkyl halides is 3. The van der Waals surface area contributed by atoms with Gasteiger partial charge in [-0.3, -0.25) is 4.98 Å². The summed E-state index contributed by atoms with van der Waals surface area (Å²) in [6, 6.07) is 4.91. The van der Waals surface area contributed by atoms with Crippen molar-refractivity contribution in [2.45, 2.75) is 37.1 Å². The fourth-order valence-electron chi connectivity index (χ4n) is 4.12. The van der Waals surface area contributed by atoms with Crippen molar-refractivity contribution in [1.29, 1.82) is 0 Å². The number of sulfonamides is 1. The highest BCUT2D eigenvalue weighted by Gasteiger charge is 2.37. The molecule has 0 aliphatic carbocycles. The first kappa shape index (κ1) is 21.8. The van der Waals surface area contributed by atoms with Gasteiger partial charge in [-0.2, -0.15) is 13.2 Å². The monoisotopic (exact) mass is 457 g/mol. The van der Waals surface area contributed by atoms with E-state index in [1.54, 1.807) is 0 Å². The van der Waals surface area contributed by atoms with Gasteiger partial charge in [-0.25, -0.2) is 17.5 Å². The molecule has 1 aromatic heterocycles. The molecule has 0 saturated carbocycles. The maximum atomic E-state index is 13.2. The summed E-state index contributed by atoms with van der Waals surface area (Å²) >= 11 is 0. The predicted octanol–water partition coefficient (Wildman–Crippen LogP) is 3.64. The van der Waals surface area contributed by atoms with Crippen molar-refractivity contribution in [3.05, 3.63) is 36.0 Å². The Morgan fingerprint density at radius 2 is 1.74 bits per heavy atom. The Bertz CT molecular complexity index is 1080. The third-order valence-electron chi connectivity index (χ3n) is 5.78. The van der Waals surface area contributed by atoms with Crippen molar-refractivity contribution in [3.8, 4) is 5.75 Å². The third-order valence-corrected chi connectivity index (χ3v) is 8.18. The van der Waals surface area contributed by atoms with Gasteiger partial charge < -0.3 is 9.64 Å². The number of piperidine rings is 1. The minimum absolute atomic E-state index is 0.0205. The molecular weight excluding hydrogens is 435 g/mol. The summed E-state index contributed by atoms with van der Waals surface area (Å²) in [5.74, 6) is -0.0205. The standard InChI is InChI=1S/C20H22F3N3O4S/c21-20(22,23)16-5-3-4-15-17(6-9-24-18(15)16)30-19(27)25-12-7-14(8-13-25)31(28,29)26-10-1-2-11-26/h3-6,9,14H,1-2,7-8,10-13H2. The fraction of sp³-hybridized carbons (Fsp3) is 0.500. The van der Waals surface area contributed by atoms with Crippen LogP contribution in [0, 0.1) is 0 Å². The molecule has 2 aromatic rings. The van der Waals surface area contributed by atoms with E-state index in [1.807, 2.05) is 0 Å².